The lowest BCUT2D eigenvalue weighted by molar-refractivity contribution is -0.125. The highest BCUT2D eigenvalue weighted by Gasteiger charge is 2.31. The van der Waals surface area contributed by atoms with Crippen LogP contribution < -0.4 is 16.0 Å². The van der Waals surface area contributed by atoms with Crippen molar-refractivity contribution in [2.24, 2.45) is 0 Å². The van der Waals surface area contributed by atoms with E-state index in [4.69, 9.17) is 9.72 Å². The molecule has 2 amide bonds. The summed E-state index contributed by atoms with van der Waals surface area (Å²) in [5, 5.41) is 9.31. The first-order valence-corrected chi connectivity index (χ1v) is 12.2. The highest BCUT2D eigenvalue weighted by atomic mass is 16.5. The number of anilines is 2. The smallest absolute Gasteiger partial charge is 0.251 e. The second-order valence-electron chi connectivity index (χ2n) is 9.06. The van der Waals surface area contributed by atoms with Crippen LogP contribution in [0, 0.1) is 0 Å². The molecule has 1 saturated heterocycles. The Kier molecular flexibility index (Phi) is 7.20. The van der Waals surface area contributed by atoms with Crippen LogP contribution >= 0.6 is 0 Å². The minimum Gasteiger partial charge on any atom is -0.383 e. The summed E-state index contributed by atoms with van der Waals surface area (Å²) in [4.78, 5) is 37.4. The number of nitrogens with one attached hydrogen (secondary N) is 3. The third-order valence-electron chi connectivity index (χ3n) is 6.58. The summed E-state index contributed by atoms with van der Waals surface area (Å²) in [5.41, 5.74) is 4.92. The Morgan fingerprint density at radius 1 is 1.22 bits per heavy atom. The molecule has 5 rings (SSSR count). The topological polar surface area (TPSA) is 108 Å². The van der Waals surface area contributed by atoms with E-state index in [2.05, 4.69) is 25.8 Å². The maximum Gasteiger partial charge on any atom is 0.251 e. The summed E-state index contributed by atoms with van der Waals surface area (Å²) in [7, 11) is 1.60. The average molecular weight is 487 g/mol. The number of carbonyl (C=O) groups is 2. The molecule has 0 saturated carbocycles. The van der Waals surface area contributed by atoms with Crippen molar-refractivity contribution in [3.8, 4) is 11.3 Å². The lowest BCUT2D eigenvalue weighted by atomic mass is 10.0. The van der Waals surface area contributed by atoms with Gasteiger partial charge in [-0.15, -0.1) is 0 Å². The number of rotatable bonds is 4. The van der Waals surface area contributed by atoms with Gasteiger partial charge in [0.25, 0.3) is 5.91 Å². The minimum atomic E-state index is -0.238. The molecule has 1 aromatic heterocycles. The van der Waals surface area contributed by atoms with Gasteiger partial charge in [0.2, 0.25) is 11.9 Å². The van der Waals surface area contributed by atoms with Crippen molar-refractivity contribution in [2.45, 2.75) is 32.0 Å². The first-order valence-electron chi connectivity index (χ1n) is 12.2. The number of hydrogen-bond acceptors (Lipinski definition) is 7. The quantitative estimate of drug-likeness (QED) is 0.487. The van der Waals surface area contributed by atoms with E-state index in [9.17, 15) is 9.59 Å². The fourth-order valence-electron chi connectivity index (χ4n) is 4.77. The number of nitrogens with zero attached hydrogens (tertiary/aromatic N) is 3. The molecule has 0 radical (unpaired) electrons. The molecule has 3 aromatic rings. The van der Waals surface area contributed by atoms with Crippen LogP contribution in [0.1, 0.15) is 34.3 Å². The number of aromatic nitrogens is 2. The highest BCUT2D eigenvalue weighted by molar-refractivity contribution is 5.96. The van der Waals surface area contributed by atoms with E-state index in [1.165, 1.54) is 0 Å². The van der Waals surface area contributed by atoms with Crippen molar-refractivity contribution in [2.75, 3.05) is 32.1 Å². The monoisotopic (exact) mass is 486 g/mol. The van der Waals surface area contributed by atoms with E-state index in [1.54, 1.807) is 19.4 Å². The first kappa shape index (κ1) is 23.9. The van der Waals surface area contributed by atoms with E-state index in [0.717, 1.165) is 47.5 Å². The molecule has 1 fully saturated rings. The SMILES string of the molecule is COCCNC(=O)c1ccc2cc1CN1CCC[C@H]1C(=O)NCc1cccc(c1)-c1ccnc(n1)N2. The van der Waals surface area contributed by atoms with E-state index >= 15 is 0 Å². The molecular weight excluding hydrogens is 456 g/mol. The molecule has 186 valence electrons. The van der Waals surface area contributed by atoms with Gasteiger partial charge in [0.1, 0.15) is 0 Å². The standard InChI is InChI=1S/C27H30N6O3/c1-36-13-11-28-25(34)22-8-7-21-15-20(22)17-33-12-3-6-24(33)26(35)30-16-18-4-2-5-19(14-18)23-9-10-29-27(31-21)32-23/h2,4-5,7-10,14-15,24H,3,6,11-13,16-17H2,1H3,(H,28,34)(H,30,35)(H,29,31,32)/t24-/m0/s1. The summed E-state index contributed by atoms with van der Waals surface area (Å²) in [6.45, 7) is 2.57. The van der Waals surface area contributed by atoms with Crippen LogP contribution in [0.25, 0.3) is 11.3 Å². The molecule has 9 nitrogen and oxygen atoms in total. The zero-order valence-corrected chi connectivity index (χ0v) is 20.3. The summed E-state index contributed by atoms with van der Waals surface area (Å²) < 4.78 is 5.06. The minimum absolute atomic E-state index is 0.00898. The van der Waals surface area contributed by atoms with Crippen molar-refractivity contribution in [3.05, 3.63) is 71.4 Å². The number of carbonyl (C=O) groups excluding carboxylic acids is 2. The highest BCUT2D eigenvalue weighted by Crippen LogP contribution is 2.26. The van der Waals surface area contributed by atoms with Gasteiger partial charge in [-0.2, -0.15) is 0 Å². The van der Waals surface area contributed by atoms with E-state index in [1.807, 2.05) is 42.5 Å². The predicted octanol–water partition coefficient (Wildman–Crippen LogP) is 2.86. The second kappa shape index (κ2) is 10.8. The van der Waals surface area contributed by atoms with Gasteiger partial charge < -0.3 is 20.7 Å². The van der Waals surface area contributed by atoms with Crippen molar-refractivity contribution in [1.82, 2.24) is 25.5 Å². The normalized spacial score (nSPS) is 17.6. The lowest BCUT2D eigenvalue weighted by Crippen LogP contribution is -2.43. The Bertz CT molecular complexity index is 1260. The largest absolute Gasteiger partial charge is 0.383 e. The van der Waals surface area contributed by atoms with E-state index in [0.29, 0.717) is 37.8 Å². The number of hydrogen-bond donors (Lipinski definition) is 3. The molecule has 1 atom stereocenters. The maximum atomic E-state index is 13.2. The Hall–Kier alpha value is -3.82. The van der Waals surface area contributed by atoms with Gasteiger partial charge in [-0.3, -0.25) is 14.5 Å². The molecule has 9 heteroatoms. The zero-order chi connectivity index (χ0) is 24.9. The summed E-state index contributed by atoms with van der Waals surface area (Å²) in [5.74, 6) is 0.315. The molecule has 0 unspecified atom stereocenters. The van der Waals surface area contributed by atoms with Crippen LogP contribution in [-0.2, 0) is 22.6 Å². The van der Waals surface area contributed by atoms with Crippen LogP contribution in [0.5, 0.6) is 0 Å². The van der Waals surface area contributed by atoms with Crippen molar-refractivity contribution in [1.29, 1.82) is 0 Å². The van der Waals surface area contributed by atoms with Gasteiger partial charge >= 0.3 is 0 Å². The van der Waals surface area contributed by atoms with Gasteiger partial charge in [-0.1, -0.05) is 18.2 Å². The van der Waals surface area contributed by atoms with Crippen LogP contribution in [0.3, 0.4) is 0 Å². The number of benzene rings is 2. The fraction of sp³-hybridized carbons (Fsp3) is 0.333. The third kappa shape index (κ3) is 5.37. The number of amides is 2. The summed E-state index contributed by atoms with van der Waals surface area (Å²) in [6.07, 6.45) is 3.44. The Balaban J connectivity index is 1.53. The summed E-state index contributed by atoms with van der Waals surface area (Å²) in [6, 6.07) is 15.2. The van der Waals surface area contributed by atoms with Crippen LogP contribution in [0.2, 0.25) is 0 Å². The fourth-order valence-corrected chi connectivity index (χ4v) is 4.77. The van der Waals surface area contributed by atoms with Crippen LogP contribution in [-0.4, -0.2) is 59.5 Å². The summed E-state index contributed by atoms with van der Waals surface area (Å²) >= 11 is 0. The molecule has 0 spiro atoms. The number of methoxy groups -OCH3 is 1. The number of ether oxygens (including phenoxy) is 1. The van der Waals surface area contributed by atoms with Crippen molar-refractivity contribution < 1.29 is 14.3 Å². The third-order valence-corrected chi connectivity index (χ3v) is 6.58. The maximum absolute atomic E-state index is 13.2. The van der Waals surface area contributed by atoms with Gasteiger partial charge in [0, 0.05) is 49.8 Å². The molecule has 3 N–H and O–H groups in total. The van der Waals surface area contributed by atoms with Gasteiger partial charge in [-0.25, -0.2) is 9.97 Å². The lowest BCUT2D eigenvalue weighted by Gasteiger charge is -2.25. The molecule has 2 aliphatic heterocycles. The Morgan fingerprint density at radius 2 is 2.14 bits per heavy atom. The van der Waals surface area contributed by atoms with Gasteiger partial charge in [0.05, 0.1) is 18.3 Å². The second-order valence-corrected chi connectivity index (χ2v) is 9.06. The predicted molar refractivity (Wildman–Crippen MR) is 137 cm³/mol. The van der Waals surface area contributed by atoms with Crippen molar-refractivity contribution >= 4 is 23.5 Å². The molecule has 0 aliphatic carbocycles. The molecule has 6 bridgehead atoms. The molecular formula is C27H30N6O3. The molecule has 2 aliphatic rings. The van der Waals surface area contributed by atoms with Gasteiger partial charge in [-0.05, 0) is 60.8 Å². The average Bonchev–Trinajstić information content (AvgIpc) is 3.35. The molecule has 2 aromatic carbocycles. The zero-order valence-electron chi connectivity index (χ0n) is 20.3. The van der Waals surface area contributed by atoms with Gasteiger partial charge in [0.15, 0.2) is 0 Å². The first-order chi connectivity index (χ1) is 17.6. The van der Waals surface area contributed by atoms with E-state index < -0.39 is 0 Å². The van der Waals surface area contributed by atoms with Crippen molar-refractivity contribution in [3.63, 3.8) is 0 Å². The molecule has 36 heavy (non-hydrogen) atoms. The Labute approximate surface area is 210 Å². The van der Waals surface area contributed by atoms with E-state index in [-0.39, 0.29) is 17.9 Å². The Morgan fingerprint density at radius 3 is 3.03 bits per heavy atom. The van der Waals surface area contributed by atoms with Crippen LogP contribution in [0.4, 0.5) is 11.6 Å². The number of fused-ring (bicyclic) bond motifs is 8. The molecule has 3 heterocycles. The van der Waals surface area contributed by atoms with Crippen LogP contribution in [0.15, 0.2) is 54.7 Å².